The second-order valence-electron chi connectivity index (χ2n) is 6.27. The van der Waals surface area contributed by atoms with Crippen molar-refractivity contribution in [1.82, 2.24) is 10.2 Å². The molecule has 8 heteroatoms. The summed E-state index contributed by atoms with van der Waals surface area (Å²) >= 11 is 5.81. The van der Waals surface area contributed by atoms with Crippen LogP contribution in [-0.2, 0) is 19.1 Å². The molecule has 1 saturated heterocycles. The van der Waals surface area contributed by atoms with Crippen molar-refractivity contribution >= 4 is 29.4 Å². The van der Waals surface area contributed by atoms with Crippen LogP contribution in [0, 0.1) is 0 Å². The van der Waals surface area contributed by atoms with E-state index in [1.165, 1.54) is 0 Å². The van der Waals surface area contributed by atoms with E-state index in [1.54, 1.807) is 36.1 Å². The molecule has 0 atom stereocenters. The second-order valence-corrected chi connectivity index (χ2v) is 6.71. The summed E-state index contributed by atoms with van der Waals surface area (Å²) in [6.07, 6.45) is 1.56. The van der Waals surface area contributed by atoms with Crippen LogP contribution in [0.1, 0.15) is 32.6 Å². The van der Waals surface area contributed by atoms with Crippen LogP contribution in [0.5, 0.6) is 5.75 Å². The van der Waals surface area contributed by atoms with Gasteiger partial charge < -0.3 is 19.7 Å². The van der Waals surface area contributed by atoms with E-state index in [1.807, 2.05) is 0 Å². The molecule has 1 aliphatic heterocycles. The first-order valence-corrected chi connectivity index (χ1v) is 9.47. The summed E-state index contributed by atoms with van der Waals surface area (Å²) in [5.74, 6) is -0.0267. The molecule has 0 radical (unpaired) electrons. The van der Waals surface area contributed by atoms with Crippen LogP contribution in [0.4, 0.5) is 0 Å². The number of piperidine rings is 1. The van der Waals surface area contributed by atoms with Gasteiger partial charge in [-0.2, -0.15) is 0 Å². The van der Waals surface area contributed by atoms with E-state index in [9.17, 15) is 14.4 Å². The average molecular weight is 397 g/mol. The van der Waals surface area contributed by atoms with E-state index in [0.717, 1.165) is 0 Å². The van der Waals surface area contributed by atoms with Crippen LogP contribution in [0.3, 0.4) is 0 Å². The number of carbonyl (C=O) groups excluding carboxylic acids is 3. The normalized spacial score (nSPS) is 14.5. The summed E-state index contributed by atoms with van der Waals surface area (Å²) in [4.78, 5) is 37.1. The van der Waals surface area contributed by atoms with Crippen molar-refractivity contribution in [3.63, 3.8) is 0 Å². The number of benzene rings is 1. The van der Waals surface area contributed by atoms with Gasteiger partial charge in [0.1, 0.15) is 5.75 Å². The van der Waals surface area contributed by atoms with Crippen molar-refractivity contribution in [1.29, 1.82) is 0 Å². The molecule has 0 unspecified atom stereocenters. The van der Waals surface area contributed by atoms with E-state index < -0.39 is 0 Å². The molecule has 148 valence electrons. The predicted molar refractivity (Wildman–Crippen MR) is 101 cm³/mol. The topological polar surface area (TPSA) is 84.9 Å². The molecule has 1 aromatic carbocycles. The molecule has 1 aliphatic rings. The predicted octanol–water partition coefficient (Wildman–Crippen LogP) is 2.17. The minimum Gasteiger partial charge on any atom is -0.484 e. The second kappa shape index (κ2) is 10.8. The van der Waals surface area contributed by atoms with Gasteiger partial charge in [-0.1, -0.05) is 11.6 Å². The van der Waals surface area contributed by atoms with Crippen molar-refractivity contribution in [2.45, 2.75) is 38.6 Å². The third-order valence-corrected chi connectivity index (χ3v) is 4.50. The van der Waals surface area contributed by atoms with Crippen LogP contribution in [0.2, 0.25) is 5.02 Å². The van der Waals surface area contributed by atoms with Gasteiger partial charge in [0.2, 0.25) is 5.91 Å². The average Bonchev–Trinajstić information content (AvgIpc) is 2.66. The van der Waals surface area contributed by atoms with Crippen LogP contribution in [-0.4, -0.2) is 55.0 Å². The Morgan fingerprint density at radius 2 is 1.81 bits per heavy atom. The quantitative estimate of drug-likeness (QED) is 0.681. The van der Waals surface area contributed by atoms with E-state index in [2.05, 4.69) is 5.32 Å². The Labute approximate surface area is 163 Å². The zero-order valence-electron chi connectivity index (χ0n) is 15.4. The summed E-state index contributed by atoms with van der Waals surface area (Å²) in [5.41, 5.74) is 0. The highest BCUT2D eigenvalue weighted by Gasteiger charge is 2.24. The SMILES string of the molecule is CCOC(=O)CCC(=O)NC1CCN(C(=O)COc2ccc(Cl)cc2)CC1. The Balaban J connectivity index is 1.65. The molecule has 1 heterocycles. The first-order chi connectivity index (χ1) is 13.0. The lowest BCUT2D eigenvalue weighted by molar-refractivity contribution is -0.144. The number of nitrogens with zero attached hydrogens (tertiary/aromatic N) is 1. The molecule has 0 saturated carbocycles. The maximum absolute atomic E-state index is 12.2. The Hall–Kier alpha value is -2.28. The number of hydrogen-bond donors (Lipinski definition) is 1. The zero-order chi connectivity index (χ0) is 19.6. The fourth-order valence-corrected chi connectivity index (χ4v) is 2.91. The number of rotatable bonds is 8. The van der Waals surface area contributed by atoms with Gasteiger partial charge in [0.25, 0.3) is 5.91 Å². The minimum atomic E-state index is -0.367. The van der Waals surface area contributed by atoms with Gasteiger partial charge in [-0.3, -0.25) is 14.4 Å². The highest BCUT2D eigenvalue weighted by molar-refractivity contribution is 6.30. The Morgan fingerprint density at radius 3 is 2.44 bits per heavy atom. The summed E-state index contributed by atoms with van der Waals surface area (Å²) in [5, 5.41) is 3.52. The molecule has 0 spiro atoms. The van der Waals surface area contributed by atoms with Crippen LogP contribution < -0.4 is 10.1 Å². The molecular formula is C19H25ClN2O5. The standard InChI is InChI=1S/C19H25ClN2O5/c1-2-26-19(25)8-7-17(23)21-15-9-11-22(12-10-15)18(24)13-27-16-5-3-14(20)4-6-16/h3-6,15H,2,7-13H2,1H3,(H,21,23). The van der Waals surface area contributed by atoms with Gasteiger partial charge in [0, 0.05) is 30.6 Å². The van der Waals surface area contributed by atoms with Gasteiger partial charge >= 0.3 is 5.97 Å². The lowest BCUT2D eigenvalue weighted by atomic mass is 10.0. The molecule has 0 bridgehead atoms. The number of esters is 1. The van der Waals surface area contributed by atoms with Crippen LogP contribution >= 0.6 is 11.6 Å². The Bertz CT molecular complexity index is 642. The minimum absolute atomic E-state index is 0.0147. The number of amides is 2. The molecule has 1 N–H and O–H groups in total. The first kappa shape index (κ1) is 21.0. The van der Waals surface area contributed by atoms with E-state index >= 15 is 0 Å². The molecule has 27 heavy (non-hydrogen) atoms. The van der Waals surface area contributed by atoms with Crippen molar-refractivity contribution in [3.8, 4) is 5.75 Å². The number of ether oxygens (including phenoxy) is 2. The molecule has 7 nitrogen and oxygen atoms in total. The van der Waals surface area contributed by atoms with Crippen LogP contribution in [0.25, 0.3) is 0 Å². The summed E-state index contributed by atoms with van der Waals surface area (Å²) in [6.45, 7) is 3.14. The summed E-state index contributed by atoms with van der Waals surface area (Å²) < 4.78 is 10.3. The highest BCUT2D eigenvalue weighted by Crippen LogP contribution is 2.16. The van der Waals surface area contributed by atoms with Gasteiger partial charge in [-0.05, 0) is 44.0 Å². The molecule has 0 aromatic heterocycles. The van der Waals surface area contributed by atoms with Crippen LogP contribution in [0.15, 0.2) is 24.3 Å². The number of likely N-dealkylation sites (tertiary alicyclic amines) is 1. The monoisotopic (exact) mass is 396 g/mol. The number of hydrogen-bond acceptors (Lipinski definition) is 5. The smallest absolute Gasteiger partial charge is 0.306 e. The summed E-state index contributed by atoms with van der Waals surface area (Å²) in [7, 11) is 0. The third-order valence-electron chi connectivity index (χ3n) is 4.25. The number of carbonyl (C=O) groups is 3. The van der Waals surface area contributed by atoms with E-state index in [4.69, 9.17) is 21.1 Å². The largest absolute Gasteiger partial charge is 0.484 e. The zero-order valence-corrected chi connectivity index (χ0v) is 16.2. The van der Waals surface area contributed by atoms with Gasteiger partial charge in [-0.15, -0.1) is 0 Å². The Kier molecular flexibility index (Phi) is 8.39. The van der Waals surface area contributed by atoms with Gasteiger partial charge in [-0.25, -0.2) is 0 Å². The van der Waals surface area contributed by atoms with E-state index in [-0.39, 0.29) is 43.3 Å². The molecule has 1 fully saturated rings. The molecular weight excluding hydrogens is 372 g/mol. The number of nitrogens with one attached hydrogen (secondary N) is 1. The summed E-state index contributed by atoms with van der Waals surface area (Å²) in [6, 6.07) is 6.86. The number of halogens is 1. The van der Waals surface area contributed by atoms with Crippen molar-refractivity contribution in [3.05, 3.63) is 29.3 Å². The fourth-order valence-electron chi connectivity index (χ4n) is 2.79. The lowest BCUT2D eigenvalue weighted by Gasteiger charge is -2.32. The van der Waals surface area contributed by atoms with E-state index in [0.29, 0.717) is 43.3 Å². The first-order valence-electron chi connectivity index (χ1n) is 9.09. The van der Waals surface area contributed by atoms with Gasteiger partial charge in [0.05, 0.1) is 13.0 Å². The molecule has 0 aliphatic carbocycles. The third kappa shape index (κ3) is 7.46. The maximum Gasteiger partial charge on any atom is 0.306 e. The fraction of sp³-hybridized carbons (Fsp3) is 0.526. The molecule has 2 rings (SSSR count). The maximum atomic E-state index is 12.2. The van der Waals surface area contributed by atoms with Crippen molar-refractivity contribution < 1.29 is 23.9 Å². The lowest BCUT2D eigenvalue weighted by Crippen LogP contribution is -2.47. The van der Waals surface area contributed by atoms with Crippen molar-refractivity contribution in [2.24, 2.45) is 0 Å². The highest BCUT2D eigenvalue weighted by atomic mass is 35.5. The Morgan fingerprint density at radius 1 is 1.15 bits per heavy atom. The molecule has 1 aromatic rings. The molecule has 2 amide bonds. The van der Waals surface area contributed by atoms with Crippen molar-refractivity contribution in [2.75, 3.05) is 26.3 Å². The van der Waals surface area contributed by atoms with Gasteiger partial charge in [0.15, 0.2) is 6.61 Å².